The normalized spacial score (nSPS) is 14.1. The first kappa shape index (κ1) is 18.4. The molecule has 2 N–H and O–H groups in total. The molecule has 0 aliphatic carbocycles. The van der Waals surface area contributed by atoms with E-state index in [1.165, 1.54) is 13.8 Å². The maximum absolute atomic E-state index is 12.1. The third kappa shape index (κ3) is 3.94. The number of benzene rings is 1. The van der Waals surface area contributed by atoms with Crippen molar-refractivity contribution in [2.45, 2.75) is 32.9 Å². The predicted molar refractivity (Wildman–Crippen MR) is 80.4 cm³/mol. The van der Waals surface area contributed by atoms with Crippen molar-refractivity contribution in [3.63, 3.8) is 0 Å². The smallest absolute Gasteiger partial charge is 0.365 e. The summed E-state index contributed by atoms with van der Waals surface area (Å²) in [7, 11) is -3.38. The van der Waals surface area contributed by atoms with Crippen molar-refractivity contribution in [3.8, 4) is 0 Å². The Morgan fingerprint density at radius 1 is 1.18 bits per heavy atom. The Balaban J connectivity index is 2.86. The van der Waals surface area contributed by atoms with E-state index in [0.717, 1.165) is 18.2 Å². The van der Waals surface area contributed by atoms with E-state index in [1.54, 1.807) is 12.1 Å². The summed E-state index contributed by atoms with van der Waals surface area (Å²) in [5, 5.41) is -1.81. The Bertz CT molecular complexity index is 620. The van der Waals surface area contributed by atoms with Crippen LogP contribution in [0.4, 0.5) is 0 Å². The number of ether oxygens (including phenoxy) is 1. The molecule has 8 heteroatoms. The van der Waals surface area contributed by atoms with Crippen LogP contribution < -0.4 is 5.48 Å². The van der Waals surface area contributed by atoms with Gasteiger partial charge in [-0.3, -0.25) is 14.2 Å². The van der Waals surface area contributed by atoms with E-state index < -0.39 is 24.6 Å². The van der Waals surface area contributed by atoms with E-state index in [-0.39, 0.29) is 5.56 Å². The van der Waals surface area contributed by atoms with Gasteiger partial charge in [0.1, 0.15) is 0 Å². The lowest BCUT2D eigenvalue weighted by Gasteiger charge is -2.26. The highest BCUT2D eigenvalue weighted by Crippen LogP contribution is 2.54. The van der Waals surface area contributed by atoms with Crippen molar-refractivity contribution < 1.29 is 28.4 Å². The van der Waals surface area contributed by atoms with Gasteiger partial charge in [0.05, 0.1) is 7.11 Å². The highest BCUT2D eigenvalue weighted by Gasteiger charge is 2.49. The van der Waals surface area contributed by atoms with Gasteiger partial charge in [0.15, 0.2) is 5.16 Å². The molecule has 1 rings (SSSR count). The van der Waals surface area contributed by atoms with E-state index >= 15 is 0 Å². The number of hydrogen-bond donors (Lipinski definition) is 2. The van der Waals surface area contributed by atoms with Gasteiger partial charge >= 0.3 is 13.6 Å². The van der Waals surface area contributed by atoms with Crippen LogP contribution >= 0.6 is 7.60 Å². The molecule has 22 heavy (non-hydrogen) atoms. The zero-order valence-corrected chi connectivity index (χ0v) is 14.1. The molecule has 7 nitrogen and oxygen atoms in total. The summed E-state index contributed by atoms with van der Waals surface area (Å²) in [6.45, 7) is 6.04. The molecular weight excluding hydrogens is 309 g/mol. The second-order valence-corrected chi connectivity index (χ2v) is 7.81. The van der Waals surface area contributed by atoms with Crippen molar-refractivity contribution in [3.05, 3.63) is 34.9 Å². The first-order valence-electron chi connectivity index (χ1n) is 6.50. The monoisotopic (exact) mass is 329 g/mol. The van der Waals surface area contributed by atoms with Crippen molar-refractivity contribution >= 4 is 19.5 Å². The summed E-state index contributed by atoms with van der Waals surface area (Å²) in [5.41, 5.74) is 3.94. The first-order chi connectivity index (χ1) is 10.0. The second kappa shape index (κ2) is 6.60. The standard InChI is InChI=1S/C14H20NO6P/c1-9-6-10(2)8-11(7-9)12(16)15-21-22(18,19)14(3,4)13(17)20-5/h6-8H,1-5H3,(H,15,16)(H,18,19). The summed E-state index contributed by atoms with van der Waals surface area (Å²) < 4.78 is 21.2. The van der Waals surface area contributed by atoms with Gasteiger partial charge in [-0.15, -0.1) is 0 Å². The average Bonchev–Trinajstić information content (AvgIpc) is 2.42. The highest BCUT2D eigenvalue weighted by molar-refractivity contribution is 7.55. The molecule has 0 heterocycles. The lowest BCUT2D eigenvalue weighted by Crippen LogP contribution is -2.36. The first-order valence-corrected chi connectivity index (χ1v) is 8.07. The van der Waals surface area contributed by atoms with Crippen molar-refractivity contribution in [1.82, 2.24) is 5.48 Å². The molecule has 0 saturated heterocycles. The number of esters is 1. The number of nitrogens with one attached hydrogen (secondary N) is 1. The quantitative estimate of drug-likeness (QED) is 0.487. The van der Waals surface area contributed by atoms with Crippen LogP contribution in [-0.4, -0.2) is 29.0 Å². The lowest BCUT2D eigenvalue weighted by atomic mass is 10.1. The third-order valence-corrected chi connectivity index (χ3v) is 5.07. The van der Waals surface area contributed by atoms with E-state index in [4.69, 9.17) is 0 Å². The van der Waals surface area contributed by atoms with Gasteiger partial charge in [0.2, 0.25) is 0 Å². The van der Waals surface area contributed by atoms with Gasteiger partial charge in [0, 0.05) is 5.56 Å². The Labute approximate surface area is 129 Å². The Morgan fingerprint density at radius 2 is 1.68 bits per heavy atom. The van der Waals surface area contributed by atoms with E-state index in [2.05, 4.69) is 9.36 Å². The largest absolute Gasteiger partial charge is 0.468 e. The summed E-state index contributed by atoms with van der Waals surface area (Å²) in [4.78, 5) is 33.4. The van der Waals surface area contributed by atoms with Gasteiger partial charge in [-0.1, -0.05) is 17.2 Å². The van der Waals surface area contributed by atoms with Crippen LogP contribution in [0, 0.1) is 13.8 Å². The van der Waals surface area contributed by atoms with Gasteiger partial charge in [0.25, 0.3) is 5.91 Å². The molecule has 0 radical (unpaired) electrons. The van der Waals surface area contributed by atoms with Crippen molar-refractivity contribution in [1.29, 1.82) is 0 Å². The molecule has 1 aromatic rings. The summed E-state index contributed by atoms with van der Waals surface area (Å²) >= 11 is 0. The van der Waals surface area contributed by atoms with E-state index in [9.17, 15) is 19.0 Å². The minimum Gasteiger partial charge on any atom is -0.468 e. The maximum atomic E-state index is 12.1. The van der Waals surface area contributed by atoms with Crippen LogP contribution in [0.5, 0.6) is 0 Å². The van der Waals surface area contributed by atoms with Crippen LogP contribution in [0.2, 0.25) is 0 Å². The van der Waals surface area contributed by atoms with Crippen LogP contribution in [0.15, 0.2) is 18.2 Å². The third-order valence-electron chi connectivity index (χ3n) is 3.14. The topological polar surface area (TPSA) is 102 Å². The van der Waals surface area contributed by atoms with E-state index in [1.807, 2.05) is 25.4 Å². The number of methoxy groups -OCH3 is 1. The molecule has 122 valence electrons. The summed E-state index contributed by atoms with van der Waals surface area (Å²) in [6, 6.07) is 5.10. The molecular formula is C14H20NO6P. The zero-order valence-electron chi connectivity index (χ0n) is 13.2. The number of carbonyl (C=O) groups excluding carboxylic acids is 2. The fourth-order valence-corrected chi connectivity index (χ4v) is 2.50. The molecule has 0 bridgehead atoms. The van der Waals surface area contributed by atoms with Crippen molar-refractivity contribution in [2.24, 2.45) is 0 Å². The van der Waals surface area contributed by atoms with Crippen LogP contribution in [0.1, 0.15) is 35.3 Å². The number of aryl methyl sites for hydroxylation is 2. The van der Waals surface area contributed by atoms with Crippen molar-refractivity contribution in [2.75, 3.05) is 7.11 Å². The summed E-state index contributed by atoms with van der Waals surface area (Å²) in [5.74, 6) is -1.60. The molecule has 1 atom stereocenters. The molecule has 1 aromatic carbocycles. The predicted octanol–water partition coefficient (Wildman–Crippen LogP) is 2.10. The zero-order chi connectivity index (χ0) is 17.1. The van der Waals surface area contributed by atoms with Gasteiger partial charge in [-0.05, 0) is 39.8 Å². The molecule has 0 spiro atoms. The SMILES string of the molecule is COC(=O)C(C)(C)P(=O)(O)ONC(=O)c1cc(C)cc(C)c1. The number of hydroxylamine groups is 1. The second-order valence-electron chi connectivity index (χ2n) is 5.47. The average molecular weight is 329 g/mol. The number of rotatable bonds is 5. The number of hydrogen-bond acceptors (Lipinski definition) is 5. The Morgan fingerprint density at radius 3 is 2.14 bits per heavy atom. The summed E-state index contributed by atoms with van der Waals surface area (Å²) in [6.07, 6.45) is 0. The maximum Gasteiger partial charge on any atom is 0.365 e. The fraction of sp³-hybridized carbons (Fsp3) is 0.429. The number of amides is 1. The molecule has 0 fully saturated rings. The van der Waals surface area contributed by atoms with Crippen LogP contribution in [-0.2, 0) is 18.7 Å². The van der Waals surface area contributed by atoms with Crippen LogP contribution in [0.3, 0.4) is 0 Å². The lowest BCUT2D eigenvalue weighted by molar-refractivity contribution is -0.143. The fourth-order valence-electron chi connectivity index (χ4n) is 1.75. The molecule has 0 saturated carbocycles. The van der Waals surface area contributed by atoms with E-state index in [0.29, 0.717) is 0 Å². The van der Waals surface area contributed by atoms with Gasteiger partial charge in [-0.25, -0.2) is 5.48 Å². The Hall–Kier alpha value is -1.69. The molecule has 0 aliphatic heterocycles. The van der Waals surface area contributed by atoms with Gasteiger partial charge < -0.3 is 9.63 Å². The molecule has 1 amide bonds. The molecule has 0 aromatic heterocycles. The minimum absolute atomic E-state index is 0.286. The Kier molecular flexibility index (Phi) is 5.51. The molecule has 0 aliphatic rings. The van der Waals surface area contributed by atoms with Gasteiger partial charge in [-0.2, -0.15) is 4.62 Å². The van der Waals surface area contributed by atoms with Crippen LogP contribution in [0.25, 0.3) is 0 Å². The number of carbonyl (C=O) groups is 2. The highest BCUT2D eigenvalue weighted by atomic mass is 31.2. The minimum atomic E-state index is -4.47. The molecule has 1 unspecified atom stereocenters.